The van der Waals surface area contributed by atoms with E-state index < -0.39 is 25.1 Å². The zero-order valence-corrected chi connectivity index (χ0v) is 14.3. The molecule has 120 valence electrons. The fourth-order valence-corrected chi connectivity index (χ4v) is 3.83. The number of benzene rings is 1. The number of amides is 1. The van der Waals surface area contributed by atoms with E-state index in [1.165, 1.54) is 13.2 Å². The molecule has 0 bridgehead atoms. The third-order valence-corrected chi connectivity index (χ3v) is 5.68. The molecular weight excluding hydrogens is 404 g/mol. The van der Waals surface area contributed by atoms with Crippen LogP contribution in [0.2, 0.25) is 0 Å². The predicted molar refractivity (Wildman–Crippen MR) is 82.9 cm³/mol. The maximum atomic E-state index is 12.0. The summed E-state index contributed by atoms with van der Waals surface area (Å²) in [6.07, 6.45) is -0.318. The predicted octanol–water partition coefficient (Wildman–Crippen LogP) is 2.04. The van der Waals surface area contributed by atoms with Crippen molar-refractivity contribution < 1.29 is 22.9 Å². The van der Waals surface area contributed by atoms with Crippen LogP contribution in [-0.2, 0) is 13.8 Å². The van der Waals surface area contributed by atoms with E-state index in [1.807, 2.05) is 0 Å². The number of ether oxygens (including phenoxy) is 1. The van der Waals surface area contributed by atoms with E-state index in [0.717, 1.165) is 11.0 Å². The zero-order chi connectivity index (χ0) is 16.7. The van der Waals surface area contributed by atoms with E-state index in [0.29, 0.717) is 0 Å². The molecule has 2 rings (SSSR count). The lowest BCUT2D eigenvalue weighted by atomic mass is 10.2. The van der Waals surface area contributed by atoms with Gasteiger partial charge in [-0.3, -0.25) is 14.9 Å². The van der Waals surface area contributed by atoms with Gasteiger partial charge in [0, 0.05) is 23.6 Å². The van der Waals surface area contributed by atoms with Gasteiger partial charge in [-0.15, -0.1) is 0 Å². The van der Waals surface area contributed by atoms with Crippen LogP contribution in [0, 0.1) is 10.1 Å². The third kappa shape index (κ3) is 3.18. The number of halogens is 2. The van der Waals surface area contributed by atoms with Gasteiger partial charge in [-0.1, -0.05) is 0 Å². The first-order valence-corrected chi connectivity index (χ1v) is 9.07. The number of carbonyl (C=O) groups is 1. The van der Waals surface area contributed by atoms with Crippen molar-refractivity contribution in [3.05, 3.63) is 26.7 Å². The summed E-state index contributed by atoms with van der Waals surface area (Å²) in [7, 11) is 2.69. The van der Waals surface area contributed by atoms with Crippen molar-refractivity contribution in [2.75, 3.05) is 18.6 Å². The topological polar surface area (TPSA) is 107 Å². The number of hydrogen-bond acceptors (Lipinski definition) is 6. The fourth-order valence-electron chi connectivity index (χ4n) is 2.16. The Labute approximate surface area is 138 Å². The number of carbonyl (C=O) groups excluding carboxylic acids is 1. The minimum Gasteiger partial charge on any atom is -0.496 e. The first-order valence-electron chi connectivity index (χ1n) is 5.91. The van der Waals surface area contributed by atoms with Crippen molar-refractivity contribution >= 4 is 52.9 Å². The van der Waals surface area contributed by atoms with Crippen LogP contribution in [0.5, 0.6) is 5.75 Å². The molecule has 0 aliphatic carbocycles. The first-order chi connectivity index (χ1) is 10.1. The molecule has 0 spiro atoms. The Morgan fingerprint density at radius 2 is 2.14 bits per heavy atom. The molecule has 0 saturated carbocycles. The molecule has 1 heterocycles. The second-order valence-corrected chi connectivity index (χ2v) is 8.30. The van der Waals surface area contributed by atoms with Crippen LogP contribution >= 0.6 is 26.6 Å². The Bertz CT molecular complexity index is 753. The van der Waals surface area contributed by atoms with Gasteiger partial charge in [-0.05, 0) is 22.0 Å². The molecule has 0 radical (unpaired) electrons. The molecule has 1 aromatic carbocycles. The summed E-state index contributed by atoms with van der Waals surface area (Å²) in [5.41, 5.74) is -0.384. The van der Waals surface area contributed by atoms with Gasteiger partial charge in [0.2, 0.25) is 15.0 Å². The molecule has 1 amide bonds. The second-order valence-electron chi connectivity index (χ2n) is 4.54. The number of nitro groups is 1. The summed E-state index contributed by atoms with van der Waals surface area (Å²) >= 11 is 3.15. The third-order valence-electron chi connectivity index (χ3n) is 3.21. The summed E-state index contributed by atoms with van der Waals surface area (Å²) in [4.78, 5) is 23.7. The van der Waals surface area contributed by atoms with Crippen molar-refractivity contribution in [1.29, 1.82) is 0 Å². The molecule has 22 heavy (non-hydrogen) atoms. The van der Waals surface area contributed by atoms with Crippen molar-refractivity contribution in [3.8, 4) is 5.75 Å². The van der Waals surface area contributed by atoms with Crippen LogP contribution in [0.15, 0.2) is 16.6 Å². The van der Waals surface area contributed by atoms with Crippen molar-refractivity contribution in [2.24, 2.45) is 0 Å². The number of methoxy groups -OCH3 is 1. The highest BCUT2D eigenvalue weighted by Gasteiger charge is 2.41. The van der Waals surface area contributed by atoms with Gasteiger partial charge in [-0.2, -0.15) is 0 Å². The molecule has 1 saturated heterocycles. The maximum Gasteiger partial charge on any atom is 0.297 e. The molecule has 1 aliphatic rings. The monoisotopic (exact) mass is 412 g/mol. The largest absolute Gasteiger partial charge is 0.496 e. The minimum atomic E-state index is -3.94. The van der Waals surface area contributed by atoms with Gasteiger partial charge >= 0.3 is 0 Å². The van der Waals surface area contributed by atoms with Crippen LogP contribution < -0.4 is 9.64 Å². The number of nitro benzene ring substituents is 1. The molecule has 1 fully saturated rings. The van der Waals surface area contributed by atoms with E-state index in [4.69, 9.17) is 15.4 Å². The smallest absolute Gasteiger partial charge is 0.297 e. The van der Waals surface area contributed by atoms with Crippen molar-refractivity contribution in [2.45, 2.75) is 11.7 Å². The normalized spacial score (nSPS) is 18.6. The highest BCUT2D eigenvalue weighted by molar-refractivity contribution is 9.10. The number of rotatable bonds is 4. The lowest BCUT2D eigenvalue weighted by Crippen LogP contribution is -2.27. The van der Waals surface area contributed by atoms with Crippen molar-refractivity contribution in [3.63, 3.8) is 0 Å². The summed E-state index contributed by atoms with van der Waals surface area (Å²) in [6, 6.07) is 2.62. The molecule has 0 N–H and O–H groups in total. The standard InChI is InChI=1S/C11H10BrClN2O6S/c1-21-6-2-8(12)11(9(3-6)15(17)18)14-5-7(4-10(14)16)22(13,19)20/h2-3,7H,4-5H2,1H3. The van der Waals surface area contributed by atoms with Crippen LogP contribution in [0.25, 0.3) is 0 Å². The second kappa shape index (κ2) is 6.01. The van der Waals surface area contributed by atoms with Crippen molar-refractivity contribution in [1.82, 2.24) is 0 Å². The lowest BCUT2D eigenvalue weighted by molar-refractivity contribution is -0.384. The van der Waals surface area contributed by atoms with Crippen LogP contribution in [0.1, 0.15) is 6.42 Å². The minimum absolute atomic E-state index is 0.0152. The van der Waals surface area contributed by atoms with Gasteiger partial charge in [0.05, 0.1) is 22.6 Å². The zero-order valence-electron chi connectivity index (χ0n) is 11.2. The number of nitrogens with zero attached hydrogens (tertiary/aromatic N) is 2. The highest BCUT2D eigenvalue weighted by Crippen LogP contribution is 2.41. The molecule has 0 aromatic heterocycles. The summed E-state index contributed by atoms with van der Waals surface area (Å²) < 4.78 is 28.0. The molecule has 8 nitrogen and oxygen atoms in total. The molecule has 1 aromatic rings. The summed E-state index contributed by atoms with van der Waals surface area (Å²) in [5.74, 6) is -0.321. The van der Waals surface area contributed by atoms with E-state index in [9.17, 15) is 23.3 Å². The SMILES string of the molecule is COc1cc(Br)c(N2CC(S(=O)(=O)Cl)CC2=O)c([N+](=O)[O-])c1. The Kier molecular flexibility index (Phi) is 4.64. The van der Waals surface area contributed by atoms with Gasteiger partial charge < -0.3 is 9.64 Å². The molecule has 1 atom stereocenters. The summed E-state index contributed by atoms with van der Waals surface area (Å²) in [6.45, 7) is -0.240. The molecule has 1 unspecified atom stereocenters. The quantitative estimate of drug-likeness (QED) is 0.425. The van der Waals surface area contributed by atoms with E-state index in [2.05, 4.69) is 15.9 Å². The molecule has 1 aliphatic heterocycles. The average Bonchev–Trinajstić information content (AvgIpc) is 2.79. The van der Waals surface area contributed by atoms with Gasteiger partial charge in [0.1, 0.15) is 16.7 Å². The summed E-state index contributed by atoms with van der Waals surface area (Å²) in [5, 5.41) is 10.1. The maximum absolute atomic E-state index is 12.0. The Morgan fingerprint density at radius 3 is 2.59 bits per heavy atom. The molecule has 11 heteroatoms. The van der Waals surface area contributed by atoms with E-state index in [-0.39, 0.29) is 34.6 Å². The highest BCUT2D eigenvalue weighted by atomic mass is 79.9. The van der Waals surface area contributed by atoms with Crippen LogP contribution in [0.3, 0.4) is 0 Å². The Morgan fingerprint density at radius 1 is 1.50 bits per heavy atom. The van der Waals surface area contributed by atoms with Crippen LogP contribution in [0.4, 0.5) is 11.4 Å². The average molecular weight is 414 g/mol. The molecular formula is C11H10BrClN2O6S. The van der Waals surface area contributed by atoms with E-state index >= 15 is 0 Å². The van der Waals surface area contributed by atoms with Gasteiger partial charge in [-0.25, -0.2) is 8.42 Å². The van der Waals surface area contributed by atoms with E-state index in [1.54, 1.807) is 0 Å². The number of hydrogen-bond donors (Lipinski definition) is 0. The lowest BCUT2D eigenvalue weighted by Gasteiger charge is -2.18. The van der Waals surface area contributed by atoms with Gasteiger partial charge in [0.15, 0.2) is 0 Å². The Balaban J connectivity index is 2.53. The fraction of sp³-hybridized carbons (Fsp3) is 0.364. The van der Waals surface area contributed by atoms with Crippen LogP contribution in [-0.4, -0.2) is 38.2 Å². The number of anilines is 1. The Hall–Kier alpha value is -1.39. The van der Waals surface area contributed by atoms with Gasteiger partial charge in [0.25, 0.3) is 5.69 Å². The first kappa shape index (κ1) is 17.0.